The summed E-state index contributed by atoms with van der Waals surface area (Å²) in [5.41, 5.74) is 4.40. The standard InChI is InChI=1S/C2H5NO4S.Na/c3-2(4)1-8(5,6)7;/h1H2,(H2,3,4)(H,5,6,7);. The van der Waals surface area contributed by atoms with Crippen molar-refractivity contribution < 1.29 is 17.8 Å². The van der Waals surface area contributed by atoms with Gasteiger partial charge in [0, 0.05) is 29.6 Å². The number of carbonyl (C=O) groups is 1. The molecule has 5 nitrogen and oxygen atoms in total. The van der Waals surface area contributed by atoms with Gasteiger partial charge in [-0.1, -0.05) is 0 Å². The maximum Gasteiger partial charge on any atom is 0.274 e. The van der Waals surface area contributed by atoms with Crippen molar-refractivity contribution in [2.45, 2.75) is 0 Å². The molecule has 0 aromatic carbocycles. The zero-order valence-corrected chi connectivity index (χ0v) is 7.68. The van der Waals surface area contributed by atoms with Gasteiger partial charge < -0.3 is 5.73 Å². The van der Waals surface area contributed by atoms with Gasteiger partial charge in [-0.2, -0.15) is 8.42 Å². The molecule has 49 valence electrons. The van der Waals surface area contributed by atoms with Crippen LogP contribution in [0.1, 0.15) is 0 Å². The topological polar surface area (TPSA) is 97.5 Å². The van der Waals surface area contributed by atoms with Crippen molar-refractivity contribution in [3.8, 4) is 0 Å². The first kappa shape index (κ1) is 12.1. The number of hydrogen-bond donors (Lipinski definition) is 2. The third kappa shape index (κ3) is 11.8. The fraction of sp³-hybridized carbons (Fsp3) is 0.500. The predicted octanol–water partition coefficient (Wildman–Crippen LogP) is -2.02. The molecule has 0 unspecified atom stereocenters. The summed E-state index contributed by atoms with van der Waals surface area (Å²) < 4.78 is 27.3. The molecule has 3 N–H and O–H groups in total. The number of amides is 1. The molecule has 0 aromatic heterocycles. The molecule has 0 bridgehead atoms. The van der Waals surface area contributed by atoms with E-state index in [1.807, 2.05) is 0 Å². The van der Waals surface area contributed by atoms with E-state index in [0.29, 0.717) is 0 Å². The average Bonchev–Trinajstić information content (AvgIpc) is 1.21. The Hall–Kier alpha value is 0.380. The van der Waals surface area contributed by atoms with E-state index in [1.54, 1.807) is 0 Å². The molecule has 1 amide bonds. The van der Waals surface area contributed by atoms with Crippen LogP contribution in [0.15, 0.2) is 0 Å². The summed E-state index contributed by atoms with van der Waals surface area (Å²) in [4.78, 5) is 9.70. The van der Waals surface area contributed by atoms with Crippen LogP contribution in [0.2, 0.25) is 0 Å². The predicted molar refractivity (Wildman–Crippen MR) is 31.4 cm³/mol. The van der Waals surface area contributed by atoms with E-state index in [0.717, 1.165) is 0 Å². The van der Waals surface area contributed by atoms with Crippen molar-refractivity contribution in [1.29, 1.82) is 0 Å². The summed E-state index contributed by atoms with van der Waals surface area (Å²) in [5.74, 6) is -2.07. The SMILES string of the molecule is NC(=O)CS(=O)(=O)O.[Na]. The summed E-state index contributed by atoms with van der Waals surface area (Å²) in [6.07, 6.45) is 0. The first-order valence-electron chi connectivity index (χ1n) is 1.65. The summed E-state index contributed by atoms with van der Waals surface area (Å²) in [7, 11) is -4.20. The maximum atomic E-state index is 9.70. The number of primary amides is 1. The molecule has 0 aliphatic carbocycles. The van der Waals surface area contributed by atoms with Crippen molar-refractivity contribution in [2.24, 2.45) is 5.73 Å². The summed E-state index contributed by atoms with van der Waals surface area (Å²) in [6.45, 7) is 0. The van der Waals surface area contributed by atoms with Gasteiger partial charge in [-0.15, -0.1) is 0 Å². The molecule has 0 saturated heterocycles. The fourth-order valence-electron chi connectivity index (χ4n) is 0.180. The Labute approximate surface area is 74.6 Å². The molecule has 0 rings (SSSR count). The minimum Gasteiger partial charge on any atom is -0.369 e. The van der Waals surface area contributed by atoms with E-state index < -0.39 is 21.8 Å². The van der Waals surface area contributed by atoms with E-state index in [2.05, 4.69) is 5.73 Å². The van der Waals surface area contributed by atoms with Gasteiger partial charge in [0.1, 0.15) is 0 Å². The Morgan fingerprint density at radius 3 is 1.89 bits per heavy atom. The van der Waals surface area contributed by atoms with Crippen LogP contribution in [-0.2, 0) is 14.9 Å². The van der Waals surface area contributed by atoms with Crippen molar-refractivity contribution in [3.63, 3.8) is 0 Å². The first-order chi connectivity index (χ1) is 3.42. The third-order valence-electron chi connectivity index (χ3n) is 0.325. The Morgan fingerprint density at radius 2 is 1.89 bits per heavy atom. The van der Waals surface area contributed by atoms with Crippen LogP contribution in [0, 0.1) is 0 Å². The van der Waals surface area contributed by atoms with Gasteiger partial charge in [0.15, 0.2) is 5.75 Å². The molecular weight excluding hydrogens is 157 g/mol. The molecule has 0 aliphatic rings. The van der Waals surface area contributed by atoms with Crippen molar-refractivity contribution in [2.75, 3.05) is 5.75 Å². The molecule has 9 heavy (non-hydrogen) atoms. The minimum absolute atomic E-state index is 0. The van der Waals surface area contributed by atoms with E-state index >= 15 is 0 Å². The molecule has 0 atom stereocenters. The van der Waals surface area contributed by atoms with Crippen molar-refractivity contribution in [3.05, 3.63) is 0 Å². The van der Waals surface area contributed by atoms with E-state index in [1.165, 1.54) is 0 Å². The second-order valence-electron chi connectivity index (χ2n) is 1.19. The quantitative estimate of drug-likeness (QED) is 0.361. The Bertz CT molecular complexity index is 185. The normalized spacial score (nSPS) is 9.89. The minimum atomic E-state index is -4.20. The molecule has 0 spiro atoms. The molecule has 0 saturated carbocycles. The Morgan fingerprint density at radius 1 is 1.56 bits per heavy atom. The molecule has 0 aliphatic heterocycles. The zero-order valence-electron chi connectivity index (χ0n) is 4.86. The molecule has 1 radical (unpaired) electrons. The van der Waals surface area contributed by atoms with Crippen LogP contribution in [0.4, 0.5) is 0 Å². The zero-order chi connectivity index (χ0) is 6.78. The van der Waals surface area contributed by atoms with E-state index in [-0.39, 0.29) is 29.6 Å². The van der Waals surface area contributed by atoms with Crippen LogP contribution >= 0.6 is 0 Å². The third-order valence-corrected chi connectivity index (χ3v) is 0.974. The second-order valence-corrected chi connectivity index (χ2v) is 2.65. The van der Waals surface area contributed by atoms with Crippen LogP contribution in [0.25, 0.3) is 0 Å². The van der Waals surface area contributed by atoms with Gasteiger partial charge >= 0.3 is 0 Å². The van der Waals surface area contributed by atoms with Gasteiger partial charge in [0.25, 0.3) is 10.1 Å². The number of nitrogens with two attached hydrogens (primary N) is 1. The molecule has 7 heteroatoms. The Balaban J connectivity index is 0. The summed E-state index contributed by atoms with van der Waals surface area (Å²) >= 11 is 0. The first-order valence-corrected chi connectivity index (χ1v) is 3.26. The summed E-state index contributed by atoms with van der Waals surface area (Å²) in [5, 5.41) is 0. The van der Waals surface area contributed by atoms with Gasteiger partial charge in [0.2, 0.25) is 5.91 Å². The average molecular weight is 162 g/mol. The molecule has 0 aromatic rings. The molecule has 0 fully saturated rings. The van der Waals surface area contributed by atoms with E-state index in [4.69, 9.17) is 4.55 Å². The van der Waals surface area contributed by atoms with Crippen LogP contribution in [0.5, 0.6) is 0 Å². The van der Waals surface area contributed by atoms with Crippen molar-refractivity contribution >= 4 is 45.6 Å². The largest absolute Gasteiger partial charge is 0.369 e. The number of carbonyl (C=O) groups excluding carboxylic acids is 1. The maximum absolute atomic E-state index is 9.70. The van der Waals surface area contributed by atoms with Crippen molar-refractivity contribution in [1.82, 2.24) is 0 Å². The number of hydrogen-bond acceptors (Lipinski definition) is 3. The fourth-order valence-corrected chi connectivity index (χ4v) is 0.539. The van der Waals surface area contributed by atoms with Crippen LogP contribution in [0.3, 0.4) is 0 Å². The summed E-state index contributed by atoms with van der Waals surface area (Å²) in [6, 6.07) is 0. The van der Waals surface area contributed by atoms with Gasteiger partial charge in [-0.25, -0.2) is 0 Å². The second kappa shape index (κ2) is 4.24. The van der Waals surface area contributed by atoms with E-state index in [9.17, 15) is 13.2 Å². The number of rotatable bonds is 2. The van der Waals surface area contributed by atoms with Crippen LogP contribution in [-0.4, -0.2) is 54.2 Å². The Kier molecular flexibility index (Phi) is 5.69. The monoisotopic (exact) mass is 162 g/mol. The molecule has 0 heterocycles. The van der Waals surface area contributed by atoms with Crippen LogP contribution < -0.4 is 5.73 Å². The van der Waals surface area contributed by atoms with Gasteiger partial charge in [-0.3, -0.25) is 9.35 Å². The van der Waals surface area contributed by atoms with Gasteiger partial charge in [0.05, 0.1) is 0 Å². The van der Waals surface area contributed by atoms with Gasteiger partial charge in [-0.05, 0) is 0 Å². The molecular formula is C2H5NNaO4S. The smallest absolute Gasteiger partial charge is 0.274 e.